The van der Waals surface area contributed by atoms with E-state index in [1.54, 1.807) is 9.08 Å². The quantitative estimate of drug-likeness (QED) is 0.622. The molecule has 4 aromatic rings. The van der Waals surface area contributed by atoms with E-state index >= 15 is 0 Å². The molecule has 24 heavy (non-hydrogen) atoms. The van der Waals surface area contributed by atoms with E-state index in [9.17, 15) is 4.79 Å². The molecule has 0 amide bonds. The molecule has 0 aliphatic carbocycles. The highest BCUT2D eigenvalue weighted by atomic mass is 16.1. The fourth-order valence-corrected chi connectivity index (χ4v) is 2.96. The van der Waals surface area contributed by atoms with Crippen molar-refractivity contribution >= 4 is 16.9 Å². The van der Waals surface area contributed by atoms with Crippen molar-refractivity contribution in [3.63, 3.8) is 0 Å². The van der Waals surface area contributed by atoms with Gasteiger partial charge in [0.05, 0.1) is 0 Å². The van der Waals surface area contributed by atoms with Gasteiger partial charge in [0.25, 0.3) is 5.56 Å². The van der Waals surface area contributed by atoms with Crippen LogP contribution in [0.2, 0.25) is 0 Å². The van der Waals surface area contributed by atoms with Crippen LogP contribution in [-0.4, -0.2) is 29.1 Å². The predicted octanol–water partition coefficient (Wildman–Crippen LogP) is 1.88. The second-order valence-electron chi connectivity index (χ2n) is 5.80. The van der Waals surface area contributed by atoms with E-state index in [-0.39, 0.29) is 5.56 Å². The van der Waals surface area contributed by atoms with Crippen LogP contribution in [0.25, 0.3) is 16.9 Å². The number of aromatic amines is 1. The Hall–Kier alpha value is -2.96. The lowest BCUT2D eigenvalue weighted by Gasteiger charge is -2.02. The first kappa shape index (κ1) is 14.6. The number of nitrogens with zero attached hydrogens (tertiary/aromatic N) is 5. The zero-order chi connectivity index (χ0) is 16.7. The summed E-state index contributed by atoms with van der Waals surface area (Å²) in [4.78, 5) is 24.6. The van der Waals surface area contributed by atoms with Gasteiger partial charge >= 0.3 is 0 Å². The molecule has 7 nitrogen and oxygen atoms in total. The standard InChI is InChI=1S/C17H18N6O/c1-3-22-16(24)14-15(19-11(2)18-14)23-17(22)20-13(21-23)10-9-12-7-5-4-6-8-12/h4-8H,3,9-10H2,1-2H3,(H,18,19). The van der Waals surface area contributed by atoms with Crippen molar-refractivity contribution in [2.45, 2.75) is 33.2 Å². The van der Waals surface area contributed by atoms with Crippen molar-refractivity contribution in [2.75, 3.05) is 0 Å². The van der Waals surface area contributed by atoms with Gasteiger partial charge in [0.15, 0.2) is 17.0 Å². The third-order valence-corrected chi connectivity index (χ3v) is 4.13. The summed E-state index contributed by atoms with van der Waals surface area (Å²) in [5.74, 6) is 1.96. The smallest absolute Gasteiger partial charge is 0.281 e. The highest BCUT2D eigenvalue weighted by molar-refractivity contribution is 5.72. The molecule has 0 fully saturated rings. The van der Waals surface area contributed by atoms with E-state index in [0.29, 0.717) is 41.6 Å². The van der Waals surface area contributed by atoms with Gasteiger partial charge in [-0.2, -0.15) is 9.50 Å². The SMILES string of the molecule is CCn1c(=O)c2[nH]c(C)nc2n2nc(CCc3ccccc3)nc12. The highest BCUT2D eigenvalue weighted by Crippen LogP contribution is 2.12. The number of fused-ring (bicyclic) bond motifs is 3. The van der Waals surface area contributed by atoms with Crippen LogP contribution in [0.4, 0.5) is 0 Å². The number of benzene rings is 1. The van der Waals surface area contributed by atoms with Crippen LogP contribution in [0, 0.1) is 6.92 Å². The summed E-state index contributed by atoms with van der Waals surface area (Å²) in [5.41, 5.74) is 2.14. The predicted molar refractivity (Wildman–Crippen MR) is 91.2 cm³/mol. The Morgan fingerprint density at radius 3 is 2.67 bits per heavy atom. The van der Waals surface area contributed by atoms with Crippen LogP contribution in [0.3, 0.4) is 0 Å². The summed E-state index contributed by atoms with van der Waals surface area (Å²) in [6.45, 7) is 4.29. The summed E-state index contributed by atoms with van der Waals surface area (Å²) in [6.07, 6.45) is 1.57. The molecule has 4 rings (SSSR count). The van der Waals surface area contributed by atoms with Gasteiger partial charge in [0.2, 0.25) is 5.78 Å². The lowest BCUT2D eigenvalue weighted by molar-refractivity contribution is 0.727. The Labute approximate surface area is 138 Å². The van der Waals surface area contributed by atoms with Gasteiger partial charge in [-0.1, -0.05) is 30.3 Å². The van der Waals surface area contributed by atoms with Gasteiger partial charge in [-0.25, -0.2) is 4.98 Å². The van der Waals surface area contributed by atoms with Crippen molar-refractivity contribution in [1.82, 2.24) is 29.1 Å². The van der Waals surface area contributed by atoms with Crippen LogP contribution in [0.5, 0.6) is 0 Å². The molecule has 7 heteroatoms. The van der Waals surface area contributed by atoms with Crippen molar-refractivity contribution < 1.29 is 0 Å². The molecule has 0 unspecified atom stereocenters. The summed E-state index contributed by atoms with van der Waals surface area (Å²) < 4.78 is 3.29. The van der Waals surface area contributed by atoms with Crippen molar-refractivity contribution in [1.29, 1.82) is 0 Å². The van der Waals surface area contributed by atoms with Crippen molar-refractivity contribution in [3.05, 3.63) is 57.9 Å². The van der Waals surface area contributed by atoms with Gasteiger partial charge in [-0.05, 0) is 25.8 Å². The molecule has 0 saturated carbocycles. The Morgan fingerprint density at radius 2 is 1.92 bits per heavy atom. The zero-order valence-corrected chi connectivity index (χ0v) is 13.7. The van der Waals surface area contributed by atoms with Crippen molar-refractivity contribution in [2.24, 2.45) is 0 Å². The first-order valence-corrected chi connectivity index (χ1v) is 8.06. The summed E-state index contributed by atoms with van der Waals surface area (Å²) in [7, 11) is 0. The van der Waals surface area contributed by atoms with Gasteiger partial charge in [0, 0.05) is 13.0 Å². The maximum absolute atomic E-state index is 12.6. The van der Waals surface area contributed by atoms with E-state index in [4.69, 9.17) is 0 Å². The summed E-state index contributed by atoms with van der Waals surface area (Å²) >= 11 is 0. The number of hydrogen-bond acceptors (Lipinski definition) is 4. The summed E-state index contributed by atoms with van der Waals surface area (Å²) in [6, 6.07) is 10.2. The van der Waals surface area contributed by atoms with E-state index in [1.165, 1.54) is 5.56 Å². The molecule has 0 radical (unpaired) electrons. The third kappa shape index (κ3) is 2.29. The molecule has 1 N–H and O–H groups in total. The Bertz CT molecular complexity index is 1070. The zero-order valence-electron chi connectivity index (χ0n) is 13.7. The second-order valence-corrected chi connectivity index (χ2v) is 5.80. The molecule has 0 aliphatic rings. The number of nitrogens with one attached hydrogen (secondary N) is 1. The van der Waals surface area contributed by atoms with Crippen LogP contribution in [0.15, 0.2) is 35.1 Å². The number of aromatic nitrogens is 6. The molecule has 1 aromatic carbocycles. The number of rotatable bonds is 4. The van der Waals surface area contributed by atoms with Crippen LogP contribution >= 0.6 is 0 Å². The molecular weight excluding hydrogens is 304 g/mol. The van der Waals surface area contributed by atoms with Gasteiger partial charge < -0.3 is 4.98 Å². The van der Waals surface area contributed by atoms with E-state index in [1.807, 2.05) is 32.0 Å². The fraction of sp³-hybridized carbons (Fsp3) is 0.294. The average molecular weight is 322 g/mol. The molecule has 122 valence electrons. The van der Waals surface area contributed by atoms with Crippen LogP contribution in [-0.2, 0) is 19.4 Å². The highest BCUT2D eigenvalue weighted by Gasteiger charge is 2.17. The first-order valence-electron chi connectivity index (χ1n) is 8.06. The topological polar surface area (TPSA) is 80.9 Å². The molecule has 0 saturated heterocycles. The Balaban J connectivity index is 1.82. The minimum absolute atomic E-state index is 0.109. The second kappa shape index (κ2) is 5.59. The molecule has 3 aromatic heterocycles. The lowest BCUT2D eigenvalue weighted by atomic mass is 10.1. The van der Waals surface area contributed by atoms with Crippen LogP contribution < -0.4 is 5.56 Å². The first-order chi connectivity index (χ1) is 11.7. The Kier molecular flexibility index (Phi) is 3.41. The maximum atomic E-state index is 12.6. The monoisotopic (exact) mass is 322 g/mol. The summed E-state index contributed by atoms with van der Waals surface area (Å²) in [5, 5.41) is 4.58. The molecule has 3 heterocycles. The molecule has 0 atom stereocenters. The molecule has 0 aliphatic heterocycles. The fourth-order valence-electron chi connectivity index (χ4n) is 2.96. The lowest BCUT2D eigenvalue weighted by Crippen LogP contribution is -2.22. The minimum Gasteiger partial charge on any atom is -0.336 e. The number of aryl methyl sites for hydroxylation is 4. The number of H-pyrrole nitrogens is 1. The molecular formula is C17H18N6O. The average Bonchev–Trinajstić information content (AvgIpc) is 3.18. The minimum atomic E-state index is -0.109. The third-order valence-electron chi connectivity index (χ3n) is 4.13. The molecule has 0 spiro atoms. The largest absolute Gasteiger partial charge is 0.336 e. The van der Waals surface area contributed by atoms with E-state index in [2.05, 4.69) is 32.2 Å². The van der Waals surface area contributed by atoms with Gasteiger partial charge in [-0.3, -0.25) is 9.36 Å². The Morgan fingerprint density at radius 1 is 1.12 bits per heavy atom. The van der Waals surface area contributed by atoms with E-state index < -0.39 is 0 Å². The molecule has 0 bridgehead atoms. The number of hydrogen-bond donors (Lipinski definition) is 1. The number of imidazole rings is 1. The maximum Gasteiger partial charge on any atom is 0.281 e. The van der Waals surface area contributed by atoms with Gasteiger partial charge in [0.1, 0.15) is 5.82 Å². The van der Waals surface area contributed by atoms with E-state index in [0.717, 1.165) is 6.42 Å². The van der Waals surface area contributed by atoms with Crippen molar-refractivity contribution in [3.8, 4) is 0 Å². The normalized spacial score (nSPS) is 11.6. The van der Waals surface area contributed by atoms with Crippen LogP contribution in [0.1, 0.15) is 24.1 Å². The van der Waals surface area contributed by atoms with Gasteiger partial charge in [-0.15, -0.1) is 5.10 Å².